The zero-order valence-corrected chi connectivity index (χ0v) is 12.0. The summed E-state index contributed by atoms with van der Waals surface area (Å²) >= 11 is 1.65. The van der Waals surface area contributed by atoms with E-state index in [1.54, 1.807) is 17.5 Å². The highest BCUT2D eigenvalue weighted by molar-refractivity contribution is 7.13. The van der Waals surface area contributed by atoms with Crippen molar-refractivity contribution in [1.29, 1.82) is 0 Å². The topological polar surface area (TPSA) is 37.8 Å². The lowest BCUT2D eigenvalue weighted by molar-refractivity contribution is 0.876. The van der Waals surface area contributed by atoms with Crippen LogP contribution in [0.2, 0.25) is 0 Å². The van der Waals surface area contributed by atoms with E-state index < -0.39 is 0 Å². The summed E-state index contributed by atoms with van der Waals surface area (Å²) in [5.74, 6) is 0. The third-order valence-corrected chi connectivity index (χ3v) is 3.93. The Morgan fingerprint density at radius 2 is 2.10 bits per heavy atom. The van der Waals surface area contributed by atoms with Crippen molar-refractivity contribution in [3.8, 4) is 10.6 Å². The van der Waals surface area contributed by atoms with Crippen LogP contribution in [-0.2, 0) is 0 Å². The number of nitrogens with zero attached hydrogens (tertiary/aromatic N) is 2. The molecular formula is C16H15N3S. The van der Waals surface area contributed by atoms with Crippen molar-refractivity contribution in [3.63, 3.8) is 0 Å². The molecule has 3 aromatic rings. The molecule has 1 N–H and O–H groups in total. The van der Waals surface area contributed by atoms with Crippen LogP contribution >= 0.6 is 11.3 Å². The fourth-order valence-electron chi connectivity index (χ4n) is 2.07. The van der Waals surface area contributed by atoms with Gasteiger partial charge in [0.1, 0.15) is 5.01 Å². The Balaban J connectivity index is 1.80. The first-order valence-electron chi connectivity index (χ1n) is 6.49. The van der Waals surface area contributed by atoms with E-state index in [9.17, 15) is 0 Å². The number of anilines is 1. The van der Waals surface area contributed by atoms with Gasteiger partial charge in [-0.15, -0.1) is 11.3 Å². The third kappa shape index (κ3) is 2.86. The van der Waals surface area contributed by atoms with E-state index in [0.29, 0.717) is 0 Å². The van der Waals surface area contributed by atoms with E-state index in [0.717, 1.165) is 16.3 Å². The average molecular weight is 281 g/mol. The molecule has 100 valence electrons. The summed E-state index contributed by atoms with van der Waals surface area (Å²) < 4.78 is 0. The second kappa shape index (κ2) is 5.84. The summed E-state index contributed by atoms with van der Waals surface area (Å²) in [6.45, 7) is 2.13. The second-order valence-corrected chi connectivity index (χ2v) is 5.47. The molecule has 0 bridgehead atoms. The van der Waals surface area contributed by atoms with Crippen molar-refractivity contribution in [2.75, 3.05) is 5.32 Å². The molecule has 0 amide bonds. The van der Waals surface area contributed by atoms with E-state index in [1.165, 1.54) is 5.56 Å². The SMILES string of the molecule is CC(Nc1cccc(-c2nccs2)c1)c1cccnc1. The minimum absolute atomic E-state index is 0.218. The molecule has 0 saturated heterocycles. The van der Waals surface area contributed by atoms with Gasteiger partial charge >= 0.3 is 0 Å². The van der Waals surface area contributed by atoms with Gasteiger partial charge in [-0.3, -0.25) is 4.98 Å². The Bertz CT molecular complexity index is 665. The largest absolute Gasteiger partial charge is 0.378 e. The van der Waals surface area contributed by atoms with E-state index in [-0.39, 0.29) is 6.04 Å². The van der Waals surface area contributed by atoms with Crippen molar-refractivity contribution < 1.29 is 0 Å². The zero-order valence-electron chi connectivity index (χ0n) is 11.2. The van der Waals surface area contributed by atoms with Gasteiger partial charge in [0, 0.05) is 35.2 Å². The van der Waals surface area contributed by atoms with Gasteiger partial charge in [0.2, 0.25) is 0 Å². The fourth-order valence-corrected chi connectivity index (χ4v) is 2.71. The van der Waals surface area contributed by atoms with Crippen LogP contribution in [0, 0.1) is 0 Å². The van der Waals surface area contributed by atoms with Gasteiger partial charge in [0.25, 0.3) is 0 Å². The molecule has 1 aromatic carbocycles. The summed E-state index contributed by atoms with van der Waals surface area (Å²) in [5, 5.41) is 6.54. The molecule has 0 aliphatic rings. The number of thiazole rings is 1. The average Bonchev–Trinajstić information content (AvgIpc) is 3.03. The van der Waals surface area contributed by atoms with Crippen molar-refractivity contribution in [2.45, 2.75) is 13.0 Å². The maximum Gasteiger partial charge on any atom is 0.123 e. The van der Waals surface area contributed by atoms with Crippen molar-refractivity contribution in [2.24, 2.45) is 0 Å². The van der Waals surface area contributed by atoms with Crippen LogP contribution in [0.15, 0.2) is 60.4 Å². The highest BCUT2D eigenvalue weighted by Crippen LogP contribution is 2.26. The molecule has 1 atom stereocenters. The van der Waals surface area contributed by atoms with E-state index in [4.69, 9.17) is 0 Å². The maximum atomic E-state index is 4.35. The maximum absolute atomic E-state index is 4.35. The predicted octanol–water partition coefficient (Wildman–Crippen LogP) is 4.38. The lowest BCUT2D eigenvalue weighted by Crippen LogP contribution is -2.06. The first-order valence-corrected chi connectivity index (χ1v) is 7.37. The van der Waals surface area contributed by atoms with Crippen LogP contribution in [0.3, 0.4) is 0 Å². The highest BCUT2D eigenvalue weighted by Gasteiger charge is 2.06. The van der Waals surface area contributed by atoms with E-state index in [2.05, 4.69) is 52.5 Å². The standard InChI is InChI=1S/C16H15N3S/c1-12(14-5-3-7-17-11-14)19-15-6-2-4-13(10-15)16-18-8-9-20-16/h2-12,19H,1H3. The number of pyridine rings is 1. The number of hydrogen-bond acceptors (Lipinski definition) is 4. The van der Waals surface area contributed by atoms with E-state index >= 15 is 0 Å². The quantitative estimate of drug-likeness (QED) is 0.771. The molecule has 2 heterocycles. The molecule has 20 heavy (non-hydrogen) atoms. The molecule has 3 nitrogen and oxygen atoms in total. The molecule has 3 rings (SSSR count). The molecule has 1 unspecified atom stereocenters. The lowest BCUT2D eigenvalue weighted by Gasteiger charge is -2.15. The molecule has 4 heteroatoms. The second-order valence-electron chi connectivity index (χ2n) is 4.57. The number of aromatic nitrogens is 2. The minimum Gasteiger partial charge on any atom is -0.378 e. The molecule has 0 spiro atoms. The molecule has 0 radical (unpaired) electrons. The van der Waals surface area contributed by atoms with E-state index in [1.807, 2.05) is 23.8 Å². The number of hydrogen-bond donors (Lipinski definition) is 1. The summed E-state index contributed by atoms with van der Waals surface area (Å²) in [5.41, 5.74) is 3.41. The molecule has 0 aliphatic carbocycles. The summed E-state index contributed by atoms with van der Waals surface area (Å²) in [4.78, 5) is 8.50. The molecule has 0 saturated carbocycles. The fraction of sp³-hybridized carbons (Fsp3) is 0.125. The van der Waals surface area contributed by atoms with Gasteiger partial charge in [-0.1, -0.05) is 18.2 Å². The van der Waals surface area contributed by atoms with Crippen molar-refractivity contribution in [1.82, 2.24) is 9.97 Å². The van der Waals surface area contributed by atoms with Crippen LogP contribution in [0.5, 0.6) is 0 Å². The Morgan fingerprint density at radius 1 is 1.15 bits per heavy atom. The smallest absolute Gasteiger partial charge is 0.123 e. The Morgan fingerprint density at radius 3 is 2.85 bits per heavy atom. The first kappa shape index (κ1) is 12.8. The molecular weight excluding hydrogens is 266 g/mol. The lowest BCUT2D eigenvalue weighted by atomic mass is 10.1. The van der Waals surface area contributed by atoms with Crippen LogP contribution < -0.4 is 5.32 Å². The van der Waals surface area contributed by atoms with Crippen molar-refractivity contribution >= 4 is 17.0 Å². The van der Waals surface area contributed by atoms with Gasteiger partial charge in [-0.25, -0.2) is 4.98 Å². The number of benzene rings is 1. The Labute approximate surface area is 122 Å². The Kier molecular flexibility index (Phi) is 3.74. The van der Waals surface area contributed by atoms with Gasteiger partial charge < -0.3 is 5.32 Å². The normalized spacial score (nSPS) is 12.1. The zero-order chi connectivity index (χ0) is 13.8. The third-order valence-electron chi connectivity index (χ3n) is 3.11. The predicted molar refractivity (Wildman–Crippen MR) is 83.8 cm³/mol. The van der Waals surface area contributed by atoms with Crippen molar-refractivity contribution in [3.05, 3.63) is 65.9 Å². The first-order chi connectivity index (χ1) is 9.83. The van der Waals surface area contributed by atoms with Crippen LogP contribution in [0.25, 0.3) is 10.6 Å². The van der Waals surface area contributed by atoms with Gasteiger partial charge in [-0.2, -0.15) is 0 Å². The minimum atomic E-state index is 0.218. The highest BCUT2D eigenvalue weighted by atomic mass is 32.1. The molecule has 0 fully saturated rings. The van der Waals surface area contributed by atoms with Crippen LogP contribution in [0.1, 0.15) is 18.5 Å². The number of rotatable bonds is 4. The summed E-state index contributed by atoms with van der Waals surface area (Å²) in [6, 6.07) is 12.6. The van der Waals surface area contributed by atoms with Gasteiger partial charge in [0.15, 0.2) is 0 Å². The van der Waals surface area contributed by atoms with Crippen LogP contribution in [0.4, 0.5) is 5.69 Å². The monoisotopic (exact) mass is 281 g/mol. The molecule has 2 aromatic heterocycles. The molecule has 0 aliphatic heterocycles. The summed E-state index contributed by atoms with van der Waals surface area (Å²) in [7, 11) is 0. The van der Waals surface area contributed by atoms with Gasteiger partial charge in [0.05, 0.1) is 6.04 Å². The Hall–Kier alpha value is -2.20. The van der Waals surface area contributed by atoms with Gasteiger partial charge in [-0.05, 0) is 30.7 Å². The van der Waals surface area contributed by atoms with Crippen LogP contribution in [-0.4, -0.2) is 9.97 Å². The summed E-state index contributed by atoms with van der Waals surface area (Å²) in [6.07, 6.45) is 5.51. The number of nitrogens with one attached hydrogen (secondary N) is 1.